The van der Waals surface area contributed by atoms with Crippen LogP contribution >= 0.6 is 0 Å². The molecule has 1 aliphatic heterocycles. The molecule has 2 aromatic carbocycles. The van der Waals surface area contributed by atoms with Crippen LogP contribution in [0.5, 0.6) is 0 Å². The largest absolute Gasteiger partial charge is 0.322 e. The van der Waals surface area contributed by atoms with Crippen LogP contribution in [-0.2, 0) is 22.9 Å². The SMILES string of the molecule is O=C(Nc1cccc(S(=O)(=O)N2CCCCC2)c1)c1ccc2c(c1)CCC2. The highest BCUT2D eigenvalue weighted by molar-refractivity contribution is 7.89. The second-order valence-electron chi connectivity index (χ2n) is 7.28. The average molecular weight is 385 g/mol. The number of carbonyl (C=O) groups is 1. The minimum absolute atomic E-state index is 0.211. The number of fused-ring (bicyclic) bond motifs is 1. The molecule has 1 saturated heterocycles. The lowest BCUT2D eigenvalue weighted by molar-refractivity contribution is 0.102. The van der Waals surface area contributed by atoms with Crippen molar-refractivity contribution in [2.75, 3.05) is 18.4 Å². The predicted molar refractivity (Wildman–Crippen MR) is 105 cm³/mol. The number of carbonyl (C=O) groups excluding carboxylic acids is 1. The highest BCUT2D eigenvalue weighted by Crippen LogP contribution is 2.25. The number of benzene rings is 2. The summed E-state index contributed by atoms with van der Waals surface area (Å²) in [5, 5.41) is 2.84. The number of piperidine rings is 1. The summed E-state index contributed by atoms with van der Waals surface area (Å²) in [6.07, 6.45) is 6.09. The van der Waals surface area contributed by atoms with Gasteiger partial charge in [-0.25, -0.2) is 8.42 Å². The molecule has 4 rings (SSSR count). The number of nitrogens with one attached hydrogen (secondary N) is 1. The Balaban J connectivity index is 1.53. The highest BCUT2D eigenvalue weighted by Gasteiger charge is 2.26. The van der Waals surface area contributed by atoms with Gasteiger partial charge in [-0.2, -0.15) is 4.31 Å². The fourth-order valence-corrected chi connectivity index (χ4v) is 5.47. The average Bonchev–Trinajstić information content (AvgIpc) is 3.16. The van der Waals surface area contributed by atoms with E-state index in [0.717, 1.165) is 38.5 Å². The first-order valence-electron chi connectivity index (χ1n) is 9.57. The zero-order chi connectivity index (χ0) is 18.9. The van der Waals surface area contributed by atoms with Gasteiger partial charge in [-0.3, -0.25) is 4.79 Å². The Kier molecular flexibility index (Phi) is 5.02. The van der Waals surface area contributed by atoms with Crippen LogP contribution in [-0.4, -0.2) is 31.7 Å². The normalized spacial score (nSPS) is 17.5. The lowest BCUT2D eigenvalue weighted by atomic mass is 10.1. The Morgan fingerprint density at radius 2 is 1.67 bits per heavy atom. The van der Waals surface area contributed by atoms with Gasteiger partial charge in [-0.1, -0.05) is 18.6 Å². The van der Waals surface area contributed by atoms with Gasteiger partial charge < -0.3 is 5.32 Å². The molecule has 0 unspecified atom stereocenters. The van der Waals surface area contributed by atoms with Crippen LogP contribution in [0.15, 0.2) is 47.4 Å². The van der Waals surface area contributed by atoms with Gasteiger partial charge in [-0.05, 0) is 73.6 Å². The predicted octanol–water partition coefficient (Wildman–Crippen LogP) is 3.60. The lowest BCUT2D eigenvalue weighted by Crippen LogP contribution is -2.35. The molecule has 0 saturated carbocycles. The topological polar surface area (TPSA) is 66.5 Å². The number of amides is 1. The molecule has 2 aliphatic rings. The third-order valence-electron chi connectivity index (χ3n) is 5.41. The van der Waals surface area contributed by atoms with Gasteiger partial charge in [0.2, 0.25) is 10.0 Å². The van der Waals surface area contributed by atoms with Crippen LogP contribution in [0, 0.1) is 0 Å². The molecule has 0 bridgehead atoms. The molecular formula is C21H24N2O3S. The third kappa shape index (κ3) is 3.77. The smallest absolute Gasteiger partial charge is 0.255 e. The highest BCUT2D eigenvalue weighted by atomic mass is 32.2. The molecule has 1 N–H and O–H groups in total. The summed E-state index contributed by atoms with van der Waals surface area (Å²) in [7, 11) is -3.51. The number of rotatable bonds is 4. The number of aryl methyl sites for hydroxylation is 2. The zero-order valence-corrected chi connectivity index (χ0v) is 16.1. The molecule has 0 aromatic heterocycles. The summed E-state index contributed by atoms with van der Waals surface area (Å²) in [4.78, 5) is 12.8. The molecular weight excluding hydrogens is 360 g/mol. The second kappa shape index (κ2) is 7.44. The number of hydrogen-bond donors (Lipinski definition) is 1. The van der Waals surface area contributed by atoms with Crippen LogP contribution in [0.2, 0.25) is 0 Å². The molecule has 1 aliphatic carbocycles. The Bertz CT molecular complexity index is 963. The first-order chi connectivity index (χ1) is 13.0. The molecule has 0 radical (unpaired) electrons. The Morgan fingerprint density at radius 1 is 0.889 bits per heavy atom. The van der Waals surface area contributed by atoms with Crippen molar-refractivity contribution in [2.45, 2.75) is 43.4 Å². The van der Waals surface area contributed by atoms with E-state index < -0.39 is 10.0 Å². The Hall–Kier alpha value is -2.18. The van der Waals surface area contributed by atoms with E-state index in [2.05, 4.69) is 5.32 Å². The third-order valence-corrected chi connectivity index (χ3v) is 7.30. The van der Waals surface area contributed by atoms with Gasteiger partial charge >= 0.3 is 0 Å². The van der Waals surface area contributed by atoms with E-state index in [9.17, 15) is 13.2 Å². The van der Waals surface area contributed by atoms with E-state index in [1.165, 1.54) is 15.4 Å². The molecule has 0 spiro atoms. The van der Waals surface area contributed by atoms with E-state index >= 15 is 0 Å². The first-order valence-corrected chi connectivity index (χ1v) is 11.0. The molecule has 1 amide bonds. The molecule has 2 aromatic rings. The summed E-state index contributed by atoms with van der Waals surface area (Å²) in [5.74, 6) is -0.211. The van der Waals surface area contributed by atoms with Gasteiger partial charge in [0, 0.05) is 24.3 Å². The summed E-state index contributed by atoms with van der Waals surface area (Å²) < 4.78 is 27.2. The number of nitrogens with zero attached hydrogens (tertiary/aromatic N) is 1. The van der Waals surface area contributed by atoms with Crippen LogP contribution in [0.1, 0.15) is 47.2 Å². The Morgan fingerprint density at radius 3 is 2.48 bits per heavy atom. The fraction of sp³-hybridized carbons (Fsp3) is 0.381. The van der Waals surface area contributed by atoms with E-state index in [4.69, 9.17) is 0 Å². The van der Waals surface area contributed by atoms with Crippen molar-refractivity contribution in [1.82, 2.24) is 4.31 Å². The number of sulfonamides is 1. The van der Waals surface area contributed by atoms with Crippen LogP contribution in [0.4, 0.5) is 5.69 Å². The molecule has 27 heavy (non-hydrogen) atoms. The summed E-state index contributed by atoms with van der Waals surface area (Å²) in [6, 6.07) is 12.4. The standard InChI is InChI=1S/C21H24N2O3S/c24-21(18-11-10-16-6-4-7-17(16)14-18)22-19-8-5-9-20(15-19)27(25,26)23-12-2-1-3-13-23/h5,8-11,14-15H,1-4,6-7,12-13H2,(H,22,24). The first kappa shape index (κ1) is 18.2. The maximum Gasteiger partial charge on any atom is 0.255 e. The Labute approximate surface area is 160 Å². The van der Waals surface area contributed by atoms with E-state index in [-0.39, 0.29) is 10.8 Å². The van der Waals surface area contributed by atoms with Crippen molar-refractivity contribution in [2.24, 2.45) is 0 Å². The monoisotopic (exact) mass is 384 g/mol. The van der Waals surface area contributed by atoms with Crippen LogP contribution in [0.3, 0.4) is 0 Å². The number of anilines is 1. The van der Waals surface area contributed by atoms with Gasteiger partial charge in [0.25, 0.3) is 5.91 Å². The molecule has 6 heteroatoms. The van der Waals surface area contributed by atoms with Gasteiger partial charge in [0.15, 0.2) is 0 Å². The van der Waals surface area contributed by atoms with Crippen molar-refractivity contribution in [3.63, 3.8) is 0 Å². The van der Waals surface area contributed by atoms with Crippen LogP contribution in [0.25, 0.3) is 0 Å². The summed E-state index contributed by atoms with van der Waals surface area (Å²) >= 11 is 0. The van der Waals surface area contributed by atoms with Crippen molar-refractivity contribution in [3.8, 4) is 0 Å². The second-order valence-corrected chi connectivity index (χ2v) is 9.22. The maximum absolute atomic E-state index is 12.8. The maximum atomic E-state index is 12.8. The molecule has 1 fully saturated rings. The van der Waals surface area contributed by atoms with Crippen molar-refractivity contribution in [1.29, 1.82) is 0 Å². The van der Waals surface area contributed by atoms with Gasteiger partial charge in [0.1, 0.15) is 0 Å². The molecule has 5 nitrogen and oxygen atoms in total. The lowest BCUT2D eigenvalue weighted by Gasteiger charge is -2.26. The minimum Gasteiger partial charge on any atom is -0.322 e. The van der Waals surface area contributed by atoms with Crippen molar-refractivity contribution in [3.05, 3.63) is 59.2 Å². The molecule has 1 heterocycles. The molecule has 0 atom stereocenters. The van der Waals surface area contributed by atoms with E-state index in [1.54, 1.807) is 24.3 Å². The van der Waals surface area contributed by atoms with Crippen molar-refractivity contribution < 1.29 is 13.2 Å². The van der Waals surface area contributed by atoms with Crippen LogP contribution < -0.4 is 5.32 Å². The minimum atomic E-state index is -3.51. The summed E-state index contributed by atoms with van der Waals surface area (Å²) in [6.45, 7) is 1.13. The van der Waals surface area contributed by atoms with Gasteiger partial charge in [0.05, 0.1) is 4.90 Å². The van der Waals surface area contributed by atoms with Crippen molar-refractivity contribution >= 4 is 21.6 Å². The van der Waals surface area contributed by atoms with E-state index in [0.29, 0.717) is 24.3 Å². The zero-order valence-electron chi connectivity index (χ0n) is 15.3. The van der Waals surface area contributed by atoms with E-state index in [1.807, 2.05) is 18.2 Å². The number of hydrogen-bond acceptors (Lipinski definition) is 3. The quantitative estimate of drug-likeness (QED) is 0.876. The molecule has 142 valence electrons. The summed E-state index contributed by atoms with van der Waals surface area (Å²) in [5.41, 5.74) is 3.67. The fourth-order valence-electron chi connectivity index (χ4n) is 3.90. The van der Waals surface area contributed by atoms with Gasteiger partial charge in [-0.15, -0.1) is 0 Å².